The van der Waals surface area contributed by atoms with Crippen LogP contribution in [0, 0.1) is 5.92 Å². The second kappa shape index (κ2) is 4.15. The maximum Gasteiger partial charge on any atom is -0.0162 e. The molecule has 0 fully saturated rings. The van der Waals surface area contributed by atoms with E-state index in [9.17, 15) is 0 Å². The van der Waals surface area contributed by atoms with Crippen molar-refractivity contribution < 1.29 is 0 Å². The lowest BCUT2D eigenvalue weighted by atomic mass is 9.70. The minimum absolute atomic E-state index is 0.758. The van der Waals surface area contributed by atoms with Gasteiger partial charge in [-0.2, -0.15) is 0 Å². The smallest absolute Gasteiger partial charge is 0.0162 e. The van der Waals surface area contributed by atoms with E-state index in [4.69, 9.17) is 0 Å². The molecule has 3 unspecified atom stereocenters. The fourth-order valence-corrected chi connectivity index (χ4v) is 3.84. The molecule has 3 atom stereocenters. The van der Waals surface area contributed by atoms with Crippen LogP contribution in [0.2, 0.25) is 0 Å². The van der Waals surface area contributed by atoms with E-state index < -0.39 is 0 Å². The number of rotatable bonds is 0. The summed E-state index contributed by atoms with van der Waals surface area (Å²) in [6, 6.07) is 5.11. The number of hydrogen-bond donors (Lipinski definition) is 0. The highest BCUT2D eigenvalue weighted by Crippen LogP contribution is 2.43. The zero-order chi connectivity index (χ0) is 12.0. The zero-order valence-corrected chi connectivity index (χ0v) is 11.4. The van der Waals surface area contributed by atoms with Crippen LogP contribution >= 0.6 is 0 Å². The topological polar surface area (TPSA) is 0 Å². The summed E-state index contributed by atoms with van der Waals surface area (Å²) in [5, 5.41) is 0. The molecule has 0 amide bonds. The van der Waals surface area contributed by atoms with Gasteiger partial charge in [0.25, 0.3) is 0 Å². The van der Waals surface area contributed by atoms with Gasteiger partial charge in [0.05, 0.1) is 0 Å². The molecule has 0 spiro atoms. The van der Waals surface area contributed by atoms with E-state index in [2.05, 4.69) is 32.9 Å². The van der Waals surface area contributed by atoms with Crippen LogP contribution in [-0.4, -0.2) is 0 Å². The molecule has 17 heavy (non-hydrogen) atoms. The van der Waals surface area contributed by atoms with Crippen molar-refractivity contribution in [1.29, 1.82) is 0 Å². The molecular weight excluding hydrogens is 204 g/mol. The van der Waals surface area contributed by atoms with Crippen LogP contribution < -0.4 is 0 Å². The highest BCUT2D eigenvalue weighted by atomic mass is 14.3. The van der Waals surface area contributed by atoms with Crippen LogP contribution in [0.4, 0.5) is 0 Å². The summed E-state index contributed by atoms with van der Waals surface area (Å²) in [6.07, 6.45) is 6.79. The molecule has 0 saturated heterocycles. The fourth-order valence-electron chi connectivity index (χ4n) is 3.84. The Morgan fingerprint density at radius 3 is 2.12 bits per heavy atom. The first-order chi connectivity index (χ1) is 8.16. The van der Waals surface area contributed by atoms with Gasteiger partial charge < -0.3 is 0 Å². The summed E-state index contributed by atoms with van der Waals surface area (Å²) >= 11 is 0. The van der Waals surface area contributed by atoms with Crippen LogP contribution in [0.25, 0.3) is 0 Å². The maximum absolute atomic E-state index is 2.56. The van der Waals surface area contributed by atoms with Gasteiger partial charge in [-0.1, -0.05) is 32.9 Å². The minimum Gasteiger partial charge on any atom is -0.0619 e. The average molecular weight is 228 g/mol. The summed E-state index contributed by atoms with van der Waals surface area (Å²) in [6.45, 7) is 7.25. The Hall–Kier alpha value is -0.780. The Morgan fingerprint density at radius 2 is 1.47 bits per heavy atom. The van der Waals surface area contributed by atoms with Crippen LogP contribution in [-0.2, 0) is 12.8 Å². The van der Waals surface area contributed by atoms with Crippen molar-refractivity contribution in [3.63, 3.8) is 0 Å². The van der Waals surface area contributed by atoms with Gasteiger partial charge in [0, 0.05) is 0 Å². The van der Waals surface area contributed by atoms with Crippen molar-refractivity contribution >= 4 is 0 Å². The quantitative estimate of drug-likeness (QED) is 0.597. The maximum atomic E-state index is 2.56. The SMILES string of the molecule is CC1CC(C)C(C)c2cc3c(cc21)CCCC3. The molecule has 0 aliphatic heterocycles. The third-order valence-electron chi connectivity index (χ3n) is 5.15. The first-order valence-corrected chi connectivity index (χ1v) is 7.32. The monoisotopic (exact) mass is 228 g/mol. The van der Waals surface area contributed by atoms with Crippen molar-refractivity contribution in [2.45, 2.75) is 64.7 Å². The van der Waals surface area contributed by atoms with Crippen molar-refractivity contribution in [1.82, 2.24) is 0 Å². The Kier molecular flexibility index (Phi) is 2.77. The lowest BCUT2D eigenvalue weighted by molar-refractivity contribution is 0.388. The lowest BCUT2D eigenvalue weighted by Gasteiger charge is -2.35. The van der Waals surface area contributed by atoms with Gasteiger partial charge in [-0.05, 0) is 72.1 Å². The summed E-state index contributed by atoms with van der Waals surface area (Å²) < 4.78 is 0. The number of hydrogen-bond acceptors (Lipinski definition) is 0. The molecule has 2 aliphatic rings. The van der Waals surface area contributed by atoms with E-state index in [0.29, 0.717) is 0 Å². The molecule has 2 aliphatic carbocycles. The van der Waals surface area contributed by atoms with Crippen LogP contribution in [0.5, 0.6) is 0 Å². The molecule has 0 heterocycles. The van der Waals surface area contributed by atoms with E-state index in [1.54, 1.807) is 22.3 Å². The van der Waals surface area contributed by atoms with Crippen molar-refractivity contribution in [3.05, 3.63) is 34.4 Å². The largest absolute Gasteiger partial charge is 0.0619 e. The third kappa shape index (κ3) is 1.82. The van der Waals surface area contributed by atoms with E-state index in [0.717, 1.165) is 17.8 Å². The molecule has 0 nitrogen and oxygen atoms in total. The number of benzene rings is 1. The Morgan fingerprint density at radius 1 is 0.882 bits per heavy atom. The molecule has 0 saturated carbocycles. The standard InChI is InChI=1S/C17H24/c1-11-8-12(2)16-9-14-6-4-5-7-15(14)10-17(16)13(11)3/h9-13H,4-8H2,1-3H3. The summed E-state index contributed by atoms with van der Waals surface area (Å²) in [5.74, 6) is 2.37. The molecule has 92 valence electrons. The molecule has 0 aromatic heterocycles. The van der Waals surface area contributed by atoms with Crippen LogP contribution in [0.3, 0.4) is 0 Å². The van der Waals surface area contributed by atoms with Gasteiger partial charge in [0.1, 0.15) is 0 Å². The molecule has 0 N–H and O–H groups in total. The van der Waals surface area contributed by atoms with Crippen molar-refractivity contribution in [3.8, 4) is 0 Å². The van der Waals surface area contributed by atoms with Gasteiger partial charge in [0.15, 0.2) is 0 Å². The average Bonchev–Trinajstić information content (AvgIpc) is 2.34. The first kappa shape index (κ1) is 11.3. The minimum atomic E-state index is 0.758. The second-order valence-corrected chi connectivity index (χ2v) is 6.36. The second-order valence-electron chi connectivity index (χ2n) is 6.36. The predicted molar refractivity (Wildman–Crippen MR) is 73.7 cm³/mol. The molecule has 0 heteroatoms. The summed E-state index contributed by atoms with van der Waals surface area (Å²) in [4.78, 5) is 0. The lowest BCUT2D eigenvalue weighted by Crippen LogP contribution is -2.20. The summed E-state index contributed by atoms with van der Waals surface area (Å²) in [7, 11) is 0. The van der Waals surface area contributed by atoms with E-state index in [1.807, 2.05) is 0 Å². The van der Waals surface area contributed by atoms with E-state index in [1.165, 1.54) is 32.1 Å². The van der Waals surface area contributed by atoms with E-state index >= 15 is 0 Å². The van der Waals surface area contributed by atoms with Crippen LogP contribution in [0.1, 0.15) is 74.1 Å². The number of aryl methyl sites for hydroxylation is 2. The molecule has 1 aromatic rings. The molecule has 0 bridgehead atoms. The zero-order valence-electron chi connectivity index (χ0n) is 11.4. The first-order valence-electron chi connectivity index (χ1n) is 7.32. The van der Waals surface area contributed by atoms with Gasteiger partial charge in [-0.15, -0.1) is 0 Å². The Balaban J connectivity index is 2.11. The Bertz CT molecular complexity index is 430. The fraction of sp³-hybridized carbons (Fsp3) is 0.647. The normalized spacial score (nSPS) is 31.8. The molecule has 3 rings (SSSR count). The van der Waals surface area contributed by atoms with Crippen molar-refractivity contribution in [2.24, 2.45) is 5.92 Å². The molecule has 1 aromatic carbocycles. The van der Waals surface area contributed by atoms with Crippen molar-refractivity contribution in [2.75, 3.05) is 0 Å². The molecule has 0 radical (unpaired) electrons. The Labute approximate surface area is 105 Å². The highest BCUT2D eigenvalue weighted by molar-refractivity contribution is 5.44. The molecular formula is C17H24. The third-order valence-corrected chi connectivity index (χ3v) is 5.15. The highest BCUT2D eigenvalue weighted by Gasteiger charge is 2.28. The van der Waals surface area contributed by atoms with Gasteiger partial charge >= 0.3 is 0 Å². The van der Waals surface area contributed by atoms with Crippen LogP contribution in [0.15, 0.2) is 12.1 Å². The van der Waals surface area contributed by atoms with Gasteiger partial charge in [-0.3, -0.25) is 0 Å². The van der Waals surface area contributed by atoms with Gasteiger partial charge in [-0.25, -0.2) is 0 Å². The predicted octanol–water partition coefficient (Wildman–Crippen LogP) is 4.81. The number of fused-ring (bicyclic) bond motifs is 2. The van der Waals surface area contributed by atoms with E-state index in [-0.39, 0.29) is 0 Å². The van der Waals surface area contributed by atoms with Gasteiger partial charge in [0.2, 0.25) is 0 Å². The summed E-state index contributed by atoms with van der Waals surface area (Å²) in [5.41, 5.74) is 6.64.